The van der Waals surface area contributed by atoms with Crippen LogP contribution in [0.25, 0.3) is 0 Å². The van der Waals surface area contributed by atoms with Gasteiger partial charge in [0.25, 0.3) is 23.4 Å². The first kappa shape index (κ1) is 22.0. The second-order valence-electron chi connectivity index (χ2n) is 7.52. The molecule has 2 aliphatic rings. The number of imide groups is 1. The molecule has 3 amide bonds. The number of hydrogen-bond donors (Lipinski definition) is 0. The number of nitro groups is 1. The maximum Gasteiger partial charge on any atom is 0.275 e. The number of hydrazine groups is 1. The molecule has 0 N–H and O–H groups in total. The zero-order valence-corrected chi connectivity index (χ0v) is 18.1. The van der Waals surface area contributed by atoms with Crippen molar-refractivity contribution in [3.05, 3.63) is 85.9 Å². The third kappa shape index (κ3) is 3.87. The average Bonchev–Trinajstić information content (AvgIpc) is 3.03. The van der Waals surface area contributed by atoms with E-state index in [4.69, 9.17) is 23.2 Å². The number of amides is 3. The Morgan fingerprint density at radius 1 is 1.06 bits per heavy atom. The highest BCUT2D eigenvalue weighted by molar-refractivity contribution is 6.34. The minimum Gasteiger partial charge on any atom is -0.272 e. The number of allylic oxidation sites excluding steroid dienone is 2. The topological polar surface area (TPSA) is 101 Å². The molecule has 0 aromatic heterocycles. The van der Waals surface area contributed by atoms with Crippen molar-refractivity contribution in [3.63, 3.8) is 0 Å². The number of nitro benzene ring substituents is 1. The van der Waals surface area contributed by atoms with E-state index in [-0.39, 0.29) is 33.4 Å². The lowest BCUT2D eigenvalue weighted by molar-refractivity contribution is -0.385. The first-order chi connectivity index (χ1) is 15.3. The predicted octanol–water partition coefficient (Wildman–Crippen LogP) is 4.41. The zero-order valence-electron chi connectivity index (χ0n) is 16.6. The van der Waals surface area contributed by atoms with Crippen LogP contribution in [0, 0.1) is 22.0 Å². The lowest BCUT2D eigenvalue weighted by Crippen LogP contribution is -2.50. The Labute approximate surface area is 193 Å². The second kappa shape index (κ2) is 8.72. The summed E-state index contributed by atoms with van der Waals surface area (Å²) in [5, 5.41) is 13.6. The van der Waals surface area contributed by atoms with Gasteiger partial charge in [-0.05, 0) is 37.1 Å². The highest BCUT2D eigenvalue weighted by atomic mass is 35.5. The molecule has 1 saturated heterocycles. The number of hydrogen-bond acceptors (Lipinski definition) is 5. The highest BCUT2D eigenvalue weighted by Gasteiger charge is 2.51. The monoisotopic (exact) mass is 473 g/mol. The smallest absolute Gasteiger partial charge is 0.272 e. The normalized spacial score (nSPS) is 19.8. The van der Waals surface area contributed by atoms with Gasteiger partial charge in [-0.2, -0.15) is 5.01 Å². The van der Waals surface area contributed by atoms with E-state index < -0.39 is 34.5 Å². The van der Waals surface area contributed by atoms with Gasteiger partial charge in [-0.15, -0.1) is 0 Å². The van der Waals surface area contributed by atoms with E-state index >= 15 is 0 Å². The molecule has 0 radical (unpaired) electrons. The Bertz CT molecular complexity index is 1140. The minimum absolute atomic E-state index is 0.0689. The van der Waals surface area contributed by atoms with Crippen LogP contribution in [0.3, 0.4) is 0 Å². The van der Waals surface area contributed by atoms with Gasteiger partial charge in [0.15, 0.2) is 0 Å². The molecule has 32 heavy (non-hydrogen) atoms. The third-order valence-corrected chi connectivity index (χ3v) is 6.19. The lowest BCUT2D eigenvalue weighted by atomic mass is 9.85. The summed E-state index contributed by atoms with van der Waals surface area (Å²) in [5.74, 6) is -2.89. The molecule has 0 unspecified atom stereocenters. The molecule has 1 heterocycles. The van der Waals surface area contributed by atoms with E-state index in [1.807, 2.05) is 12.2 Å². The summed E-state index contributed by atoms with van der Waals surface area (Å²) in [5.41, 5.74) is -0.139. The van der Waals surface area contributed by atoms with E-state index in [0.29, 0.717) is 12.8 Å². The van der Waals surface area contributed by atoms with Gasteiger partial charge < -0.3 is 0 Å². The molecule has 1 fully saturated rings. The summed E-state index contributed by atoms with van der Waals surface area (Å²) < 4.78 is 0. The highest BCUT2D eigenvalue weighted by Crippen LogP contribution is 2.37. The van der Waals surface area contributed by atoms with E-state index in [1.165, 1.54) is 24.3 Å². The summed E-state index contributed by atoms with van der Waals surface area (Å²) in [6, 6.07) is 10.2. The van der Waals surface area contributed by atoms with Gasteiger partial charge in [-0.1, -0.05) is 47.5 Å². The molecule has 8 nitrogen and oxygen atoms in total. The number of halogens is 2. The molecule has 0 spiro atoms. The summed E-state index contributed by atoms with van der Waals surface area (Å²) in [6.45, 7) is -0.387. The molecule has 4 rings (SSSR count). The molecule has 164 valence electrons. The fourth-order valence-electron chi connectivity index (χ4n) is 4.03. The molecular weight excluding hydrogens is 457 g/mol. The summed E-state index contributed by atoms with van der Waals surface area (Å²) in [6.07, 6.45) is 4.45. The van der Waals surface area contributed by atoms with E-state index in [1.54, 1.807) is 12.1 Å². The van der Waals surface area contributed by atoms with Gasteiger partial charge in [0, 0.05) is 11.1 Å². The van der Waals surface area contributed by atoms with Crippen LogP contribution in [0.5, 0.6) is 0 Å². The van der Waals surface area contributed by atoms with Crippen LogP contribution < -0.4 is 0 Å². The largest absolute Gasteiger partial charge is 0.275 e. The summed E-state index contributed by atoms with van der Waals surface area (Å²) >= 11 is 12.1. The van der Waals surface area contributed by atoms with Crippen LogP contribution in [0.4, 0.5) is 5.69 Å². The number of fused-ring (bicyclic) bond motifs is 1. The van der Waals surface area contributed by atoms with E-state index in [2.05, 4.69) is 0 Å². The molecular formula is C22H17Cl2N3O5. The molecule has 2 aromatic carbocycles. The first-order valence-electron chi connectivity index (χ1n) is 9.81. The van der Waals surface area contributed by atoms with Crippen LogP contribution in [-0.2, 0) is 16.1 Å². The molecule has 1 aliphatic heterocycles. The van der Waals surface area contributed by atoms with Crippen molar-refractivity contribution in [1.29, 1.82) is 0 Å². The van der Waals surface area contributed by atoms with Crippen molar-refractivity contribution < 1.29 is 19.3 Å². The average molecular weight is 474 g/mol. The van der Waals surface area contributed by atoms with Crippen molar-refractivity contribution in [1.82, 2.24) is 10.0 Å². The third-order valence-electron chi connectivity index (χ3n) is 5.63. The molecule has 0 saturated carbocycles. The van der Waals surface area contributed by atoms with Gasteiger partial charge in [0.1, 0.15) is 0 Å². The first-order valence-corrected chi connectivity index (χ1v) is 10.6. The van der Waals surface area contributed by atoms with Crippen LogP contribution in [-0.4, -0.2) is 32.7 Å². The predicted molar refractivity (Wildman–Crippen MR) is 117 cm³/mol. The van der Waals surface area contributed by atoms with Crippen molar-refractivity contribution >= 4 is 46.6 Å². The number of carbonyl (C=O) groups excluding carboxylic acids is 3. The molecule has 10 heteroatoms. The summed E-state index contributed by atoms with van der Waals surface area (Å²) in [4.78, 5) is 50.8. The van der Waals surface area contributed by atoms with Gasteiger partial charge >= 0.3 is 0 Å². The van der Waals surface area contributed by atoms with Gasteiger partial charge in [0.05, 0.1) is 39.5 Å². The second-order valence-corrected chi connectivity index (χ2v) is 8.36. The van der Waals surface area contributed by atoms with Gasteiger partial charge in [-0.3, -0.25) is 24.5 Å². The standard InChI is InChI=1S/C22H17Cl2N3O5/c23-14-10-9-13(19(11-14)27(31)32)12-25(20(28)17-7-3-4-8-18(17)24)26-21(29)15-5-1-2-6-16(15)22(26)30/h1-4,7-11,15-16H,5-6,12H2/t15-,16-/m0/s1. The molecule has 1 aliphatic carbocycles. The number of carbonyl (C=O) groups is 3. The quantitative estimate of drug-likeness (QED) is 0.277. The molecule has 2 atom stereocenters. The fraction of sp³-hybridized carbons (Fsp3) is 0.227. The Hall–Kier alpha value is -3.23. The number of nitrogens with zero attached hydrogens (tertiary/aromatic N) is 3. The van der Waals surface area contributed by atoms with Crippen LogP contribution in [0.2, 0.25) is 10.0 Å². The van der Waals surface area contributed by atoms with Crippen LogP contribution >= 0.6 is 23.2 Å². The minimum atomic E-state index is -0.715. The Kier molecular flexibility index (Phi) is 5.99. The van der Waals surface area contributed by atoms with Gasteiger partial charge in [-0.25, -0.2) is 5.01 Å². The lowest BCUT2D eigenvalue weighted by Gasteiger charge is -2.30. The number of rotatable bonds is 5. The maximum absolute atomic E-state index is 13.5. The Balaban J connectivity index is 1.79. The molecule has 0 bridgehead atoms. The van der Waals surface area contributed by atoms with E-state index in [0.717, 1.165) is 16.1 Å². The fourth-order valence-corrected chi connectivity index (χ4v) is 4.41. The molecule has 2 aromatic rings. The zero-order chi connectivity index (χ0) is 23.0. The van der Waals surface area contributed by atoms with Crippen LogP contribution in [0.15, 0.2) is 54.6 Å². The van der Waals surface area contributed by atoms with Crippen molar-refractivity contribution in [2.24, 2.45) is 11.8 Å². The summed E-state index contributed by atoms with van der Waals surface area (Å²) in [7, 11) is 0. The Morgan fingerprint density at radius 2 is 1.69 bits per heavy atom. The van der Waals surface area contributed by atoms with Crippen molar-refractivity contribution in [2.75, 3.05) is 0 Å². The maximum atomic E-state index is 13.5. The van der Waals surface area contributed by atoms with Gasteiger partial charge in [0.2, 0.25) is 0 Å². The van der Waals surface area contributed by atoms with Crippen LogP contribution in [0.1, 0.15) is 28.8 Å². The Morgan fingerprint density at radius 3 is 2.28 bits per heavy atom. The van der Waals surface area contributed by atoms with Crippen molar-refractivity contribution in [3.8, 4) is 0 Å². The number of benzene rings is 2. The van der Waals surface area contributed by atoms with Crippen molar-refractivity contribution in [2.45, 2.75) is 19.4 Å². The van der Waals surface area contributed by atoms with E-state index in [9.17, 15) is 24.5 Å². The SMILES string of the molecule is O=C(c1ccccc1Cl)N(Cc1ccc(Cl)cc1[N+](=O)[O-])N1C(=O)[C@H]2CC=CC[C@@H]2C1=O.